The number of nitrogens with zero attached hydrogens (tertiary/aromatic N) is 4. The van der Waals surface area contributed by atoms with Crippen LogP contribution in [-0.2, 0) is 0 Å². The molecule has 2 heterocycles. The molecule has 0 spiro atoms. The Labute approximate surface area is 304 Å². The van der Waals surface area contributed by atoms with Crippen molar-refractivity contribution in [2.45, 2.75) is 91.9 Å². The Kier molecular flexibility index (Phi) is 9.44. The Morgan fingerprint density at radius 1 is 0.500 bits per heavy atom. The molecule has 8 heteroatoms. The summed E-state index contributed by atoms with van der Waals surface area (Å²) in [5.41, 5.74) is 1.91. The van der Waals surface area contributed by atoms with E-state index in [-0.39, 0.29) is 34.8 Å². The number of unbranched alkanes of at least 4 members (excludes halogenated alkanes) is 2. The van der Waals surface area contributed by atoms with Crippen LogP contribution in [0.25, 0.3) is 43.1 Å². The predicted octanol–water partition coefficient (Wildman–Crippen LogP) is 9.89. The minimum absolute atomic E-state index is 0.183. The van der Waals surface area contributed by atoms with Gasteiger partial charge >= 0.3 is 0 Å². The molecule has 7 rings (SSSR count). The maximum Gasteiger partial charge on any atom is 0.261 e. The second kappa shape index (κ2) is 14.0. The number of amides is 4. The summed E-state index contributed by atoms with van der Waals surface area (Å²) >= 11 is 0. The Balaban J connectivity index is 1.46. The van der Waals surface area contributed by atoms with Crippen LogP contribution in [-0.4, -0.2) is 46.5 Å². The highest BCUT2D eigenvalue weighted by molar-refractivity contribution is 6.42. The van der Waals surface area contributed by atoms with Gasteiger partial charge in [-0.1, -0.05) is 78.4 Å². The van der Waals surface area contributed by atoms with E-state index in [9.17, 15) is 29.7 Å². The molecule has 264 valence electrons. The average Bonchev–Trinajstić information content (AvgIpc) is 3.16. The third-order valence-electron chi connectivity index (χ3n) is 11.5. The molecule has 0 saturated heterocycles. The van der Waals surface area contributed by atoms with Gasteiger partial charge in [0, 0.05) is 56.5 Å². The van der Waals surface area contributed by atoms with Crippen molar-refractivity contribution in [1.29, 1.82) is 10.5 Å². The zero-order valence-electron chi connectivity index (χ0n) is 30.5. The van der Waals surface area contributed by atoms with E-state index in [0.29, 0.717) is 78.4 Å². The Morgan fingerprint density at radius 2 is 0.885 bits per heavy atom. The van der Waals surface area contributed by atoms with Gasteiger partial charge in [-0.25, -0.2) is 0 Å². The number of carbonyl (C=O) groups is 4. The summed E-state index contributed by atoms with van der Waals surface area (Å²) in [7, 11) is 0. The lowest BCUT2D eigenvalue weighted by Crippen LogP contribution is -2.43. The first kappa shape index (κ1) is 35.1. The molecule has 5 aromatic rings. The zero-order valence-corrected chi connectivity index (χ0v) is 30.5. The number of nitriles is 2. The Hall–Kier alpha value is -5.34. The molecule has 5 aromatic carbocycles. The van der Waals surface area contributed by atoms with Crippen molar-refractivity contribution < 1.29 is 19.2 Å². The lowest BCUT2D eigenvalue weighted by Gasteiger charge is -2.33. The van der Waals surface area contributed by atoms with Crippen molar-refractivity contribution in [2.75, 3.05) is 13.1 Å². The highest BCUT2D eigenvalue weighted by Crippen LogP contribution is 2.48. The molecule has 2 aliphatic heterocycles. The second-order valence-electron chi connectivity index (χ2n) is 14.8. The number of rotatable bonds is 14. The van der Waals surface area contributed by atoms with E-state index in [0.717, 1.165) is 64.2 Å². The number of hydrogen-bond acceptors (Lipinski definition) is 6. The number of hydrogen-bond donors (Lipinski definition) is 0. The van der Waals surface area contributed by atoms with Crippen molar-refractivity contribution in [2.24, 2.45) is 11.8 Å². The molecule has 0 fully saturated rings. The van der Waals surface area contributed by atoms with E-state index in [2.05, 4.69) is 39.8 Å². The van der Waals surface area contributed by atoms with Gasteiger partial charge in [-0.3, -0.25) is 29.0 Å². The quantitative estimate of drug-likeness (QED) is 0.0649. The van der Waals surface area contributed by atoms with E-state index in [1.165, 1.54) is 9.80 Å². The van der Waals surface area contributed by atoms with Gasteiger partial charge in [0.25, 0.3) is 23.6 Å². The van der Waals surface area contributed by atoms with Crippen LogP contribution in [0, 0.1) is 34.5 Å². The molecule has 0 radical (unpaired) electrons. The summed E-state index contributed by atoms with van der Waals surface area (Å²) in [6.45, 7) is 9.12. The van der Waals surface area contributed by atoms with Gasteiger partial charge in [-0.05, 0) is 72.6 Å². The van der Waals surface area contributed by atoms with Crippen molar-refractivity contribution in [3.63, 3.8) is 0 Å². The molecule has 0 bridgehead atoms. The molecule has 2 unspecified atom stereocenters. The highest BCUT2D eigenvalue weighted by atomic mass is 16.2. The fourth-order valence-corrected chi connectivity index (χ4v) is 9.05. The standard InChI is InChI=1S/C44H44N4O4/c1-5-9-13-25(11-7-3)23-47-41(49)31-17-15-29-36-28(22-46)20-34-38-32(42(50)48(44(34)52)24-26(12-8-4)14-10-6-2)18-16-30(40(36)38)35-27(21-45)19-33(43(47)51)37(31)39(29)35/h15-20,25-26H,5-14,23-24H2,1-4H3. The SMILES string of the molecule is CCCCC(CCC)CN1C(=O)c2ccc3c4c(C#N)cc5c6c(ccc(c7c(C#N)cc(c2c37)C1=O)c64)C(=O)N(CC(CCC)CCCC)C5=O. The first-order chi connectivity index (χ1) is 25.2. The summed E-state index contributed by atoms with van der Waals surface area (Å²) in [6.07, 6.45) is 9.65. The van der Waals surface area contributed by atoms with Gasteiger partial charge in [0.2, 0.25) is 0 Å². The third kappa shape index (κ3) is 5.31. The van der Waals surface area contributed by atoms with E-state index in [1.54, 1.807) is 36.4 Å². The highest BCUT2D eigenvalue weighted by Gasteiger charge is 2.39. The second-order valence-corrected chi connectivity index (χ2v) is 14.8. The smallest absolute Gasteiger partial charge is 0.261 e. The van der Waals surface area contributed by atoms with Gasteiger partial charge in [0.1, 0.15) is 0 Å². The molecule has 2 aliphatic rings. The largest absolute Gasteiger partial charge is 0.274 e. The molecule has 4 amide bonds. The summed E-state index contributed by atoms with van der Waals surface area (Å²) < 4.78 is 0. The molecule has 0 saturated carbocycles. The predicted molar refractivity (Wildman–Crippen MR) is 204 cm³/mol. The number of fused-ring (bicyclic) bond motifs is 2. The maximum absolute atomic E-state index is 14.3. The fraction of sp³-hybridized carbons (Fsp3) is 0.409. The van der Waals surface area contributed by atoms with Crippen LogP contribution in [0.5, 0.6) is 0 Å². The average molecular weight is 693 g/mol. The third-order valence-corrected chi connectivity index (χ3v) is 11.5. The topological polar surface area (TPSA) is 122 Å². The van der Waals surface area contributed by atoms with Gasteiger partial charge in [0.05, 0.1) is 34.4 Å². The van der Waals surface area contributed by atoms with Crippen LogP contribution in [0.15, 0.2) is 36.4 Å². The lowest BCUT2D eigenvalue weighted by molar-refractivity contribution is 0.0563. The number of carbonyl (C=O) groups excluding carboxylic acids is 4. The molecule has 8 nitrogen and oxygen atoms in total. The summed E-state index contributed by atoms with van der Waals surface area (Å²) in [5.74, 6) is -1.17. The van der Waals surface area contributed by atoms with Crippen molar-refractivity contribution in [3.8, 4) is 12.1 Å². The van der Waals surface area contributed by atoms with Crippen molar-refractivity contribution in [3.05, 3.63) is 69.8 Å². The summed E-state index contributed by atoms with van der Waals surface area (Å²) in [6, 6.07) is 14.9. The van der Waals surface area contributed by atoms with Crippen molar-refractivity contribution >= 4 is 66.7 Å². The van der Waals surface area contributed by atoms with E-state index < -0.39 is 11.8 Å². The van der Waals surface area contributed by atoms with Crippen LogP contribution in [0.2, 0.25) is 0 Å². The first-order valence-corrected chi connectivity index (χ1v) is 19.0. The van der Waals surface area contributed by atoms with Crippen LogP contribution >= 0.6 is 0 Å². The zero-order chi connectivity index (χ0) is 36.8. The maximum atomic E-state index is 14.3. The normalized spacial score (nSPS) is 15.3. The van der Waals surface area contributed by atoms with Crippen LogP contribution in [0.3, 0.4) is 0 Å². The van der Waals surface area contributed by atoms with E-state index in [1.807, 2.05) is 0 Å². The molecule has 0 N–H and O–H groups in total. The van der Waals surface area contributed by atoms with E-state index >= 15 is 0 Å². The molecular formula is C44H44N4O4. The number of imide groups is 2. The molecular weight excluding hydrogens is 649 g/mol. The summed E-state index contributed by atoms with van der Waals surface area (Å²) in [5, 5.41) is 25.6. The van der Waals surface area contributed by atoms with Crippen LogP contribution in [0.1, 0.15) is 144 Å². The molecule has 0 aliphatic carbocycles. The Bertz CT molecular complexity index is 2230. The van der Waals surface area contributed by atoms with Crippen LogP contribution < -0.4 is 0 Å². The minimum Gasteiger partial charge on any atom is -0.274 e. The van der Waals surface area contributed by atoms with E-state index in [4.69, 9.17) is 0 Å². The van der Waals surface area contributed by atoms with Gasteiger partial charge in [-0.2, -0.15) is 10.5 Å². The molecule has 52 heavy (non-hydrogen) atoms. The minimum atomic E-state index is -0.413. The lowest BCUT2D eigenvalue weighted by atomic mass is 9.79. The van der Waals surface area contributed by atoms with Gasteiger partial charge in [0.15, 0.2) is 0 Å². The van der Waals surface area contributed by atoms with Gasteiger partial charge < -0.3 is 0 Å². The van der Waals surface area contributed by atoms with Gasteiger partial charge in [-0.15, -0.1) is 0 Å². The van der Waals surface area contributed by atoms with Crippen molar-refractivity contribution in [1.82, 2.24) is 9.80 Å². The van der Waals surface area contributed by atoms with Crippen LogP contribution in [0.4, 0.5) is 0 Å². The number of benzene rings is 5. The molecule has 0 aromatic heterocycles. The molecule has 2 atom stereocenters. The summed E-state index contributed by atoms with van der Waals surface area (Å²) in [4.78, 5) is 59.6. The monoisotopic (exact) mass is 692 g/mol. The first-order valence-electron chi connectivity index (χ1n) is 19.0. The fourth-order valence-electron chi connectivity index (χ4n) is 9.05. The Morgan fingerprint density at radius 3 is 1.23 bits per heavy atom.